The number of hydrogen-bond donors (Lipinski definition) is 0. The van der Waals surface area contributed by atoms with E-state index in [1.54, 1.807) is 6.07 Å². The molecule has 0 aliphatic carbocycles. The molecule has 0 amide bonds. The quantitative estimate of drug-likeness (QED) is 0.445. The molecule has 1 atom stereocenters. The minimum Gasteiger partial charge on any atom is -0.371 e. The van der Waals surface area contributed by atoms with Gasteiger partial charge in [-0.25, -0.2) is 0 Å². The minimum atomic E-state index is -0.326. The lowest BCUT2D eigenvalue weighted by Gasteiger charge is -2.27. The monoisotopic (exact) mass is 374 g/mol. The number of nitrogens with zero attached hydrogens (tertiary/aromatic N) is 2. The van der Waals surface area contributed by atoms with E-state index in [0.717, 1.165) is 18.8 Å². The van der Waals surface area contributed by atoms with E-state index in [0.29, 0.717) is 14.9 Å². The number of halogens is 1. The Kier molecular flexibility index (Phi) is 4.03. The van der Waals surface area contributed by atoms with Gasteiger partial charge in [-0.2, -0.15) is 0 Å². The number of nitro groups is 1. The normalized spacial score (nSPS) is 19.8. The van der Waals surface area contributed by atoms with Crippen LogP contribution in [0.3, 0.4) is 0 Å². The Bertz CT molecular complexity index is 497. The van der Waals surface area contributed by atoms with Gasteiger partial charge in [0.15, 0.2) is 0 Å². The summed E-state index contributed by atoms with van der Waals surface area (Å²) < 4.78 is 0.708. The molecule has 19 heavy (non-hydrogen) atoms. The zero-order chi connectivity index (χ0) is 14.2. The summed E-state index contributed by atoms with van der Waals surface area (Å²) in [5.41, 5.74) is 1.61. The summed E-state index contributed by atoms with van der Waals surface area (Å²) in [7, 11) is 0. The Morgan fingerprint density at radius 2 is 2.11 bits per heavy atom. The van der Waals surface area contributed by atoms with Gasteiger partial charge in [-0.3, -0.25) is 10.1 Å². The first-order valence-corrected chi connectivity index (χ1v) is 7.56. The third-order valence-corrected chi connectivity index (χ3v) is 4.77. The maximum atomic E-state index is 10.8. The Morgan fingerprint density at radius 3 is 2.58 bits per heavy atom. The van der Waals surface area contributed by atoms with Crippen LogP contribution in [0.25, 0.3) is 0 Å². The number of benzene rings is 1. The number of hydrogen-bond acceptors (Lipinski definition) is 3. The lowest BCUT2D eigenvalue weighted by Crippen LogP contribution is -2.25. The van der Waals surface area contributed by atoms with Crippen LogP contribution in [0.1, 0.15) is 27.2 Å². The fourth-order valence-electron chi connectivity index (χ4n) is 2.54. The van der Waals surface area contributed by atoms with E-state index < -0.39 is 0 Å². The molecule has 1 aromatic rings. The van der Waals surface area contributed by atoms with Crippen LogP contribution < -0.4 is 4.90 Å². The van der Waals surface area contributed by atoms with Crippen LogP contribution in [-0.4, -0.2) is 18.0 Å². The average Bonchev–Trinajstić information content (AvgIpc) is 2.76. The smallest absolute Gasteiger partial charge is 0.282 e. The highest BCUT2D eigenvalue weighted by atomic mass is 127. The molecule has 0 radical (unpaired) electrons. The molecule has 1 unspecified atom stereocenters. The van der Waals surface area contributed by atoms with Crippen LogP contribution in [0, 0.1) is 25.0 Å². The first kappa shape index (κ1) is 14.6. The second-order valence-electron chi connectivity index (χ2n) is 6.19. The first-order valence-electron chi connectivity index (χ1n) is 6.48. The van der Waals surface area contributed by atoms with Gasteiger partial charge in [-0.15, -0.1) is 0 Å². The van der Waals surface area contributed by atoms with E-state index in [4.69, 9.17) is 0 Å². The van der Waals surface area contributed by atoms with Gasteiger partial charge in [-0.05, 0) is 52.5 Å². The van der Waals surface area contributed by atoms with Crippen molar-refractivity contribution in [2.75, 3.05) is 18.0 Å². The largest absolute Gasteiger partial charge is 0.371 e. The molecular formula is C14H19IN2O2. The number of nitro benzene ring substituents is 1. The predicted octanol–water partition coefficient (Wildman–Crippen LogP) is 4.07. The molecule has 1 fully saturated rings. The molecule has 1 aliphatic rings. The van der Waals surface area contributed by atoms with Crippen LogP contribution in [0.5, 0.6) is 0 Å². The van der Waals surface area contributed by atoms with Crippen molar-refractivity contribution in [1.29, 1.82) is 0 Å². The summed E-state index contributed by atoms with van der Waals surface area (Å²) in [6, 6.07) is 5.40. The molecule has 0 bridgehead atoms. The predicted molar refractivity (Wildman–Crippen MR) is 85.6 cm³/mol. The van der Waals surface area contributed by atoms with Gasteiger partial charge in [-0.1, -0.05) is 20.8 Å². The highest BCUT2D eigenvalue weighted by molar-refractivity contribution is 14.1. The molecule has 1 saturated heterocycles. The van der Waals surface area contributed by atoms with Crippen molar-refractivity contribution >= 4 is 34.0 Å². The van der Waals surface area contributed by atoms with Crippen molar-refractivity contribution in [2.24, 2.45) is 11.3 Å². The van der Waals surface area contributed by atoms with Crippen LogP contribution in [0.4, 0.5) is 11.4 Å². The molecule has 1 aromatic carbocycles. The van der Waals surface area contributed by atoms with Gasteiger partial charge in [0.1, 0.15) is 0 Å². The van der Waals surface area contributed by atoms with E-state index in [-0.39, 0.29) is 10.6 Å². The zero-order valence-electron chi connectivity index (χ0n) is 11.5. The van der Waals surface area contributed by atoms with Gasteiger partial charge in [0.05, 0.1) is 8.49 Å². The Hall–Kier alpha value is -0.850. The topological polar surface area (TPSA) is 46.4 Å². The highest BCUT2D eigenvalue weighted by Crippen LogP contribution is 2.36. The Labute approximate surface area is 127 Å². The fraction of sp³-hybridized carbons (Fsp3) is 0.571. The highest BCUT2D eigenvalue weighted by Gasteiger charge is 2.32. The van der Waals surface area contributed by atoms with Crippen molar-refractivity contribution in [2.45, 2.75) is 27.2 Å². The molecule has 0 saturated carbocycles. The van der Waals surface area contributed by atoms with E-state index in [1.165, 1.54) is 6.42 Å². The van der Waals surface area contributed by atoms with Gasteiger partial charge >= 0.3 is 0 Å². The van der Waals surface area contributed by atoms with Gasteiger partial charge in [0.25, 0.3) is 5.69 Å². The van der Waals surface area contributed by atoms with Crippen LogP contribution in [0.2, 0.25) is 0 Å². The van der Waals surface area contributed by atoms with Gasteiger partial charge < -0.3 is 4.90 Å². The van der Waals surface area contributed by atoms with Gasteiger partial charge in [0, 0.05) is 24.8 Å². The Morgan fingerprint density at radius 1 is 1.42 bits per heavy atom. The summed E-state index contributed by atoms with van der Waals surface area (Å²) in [6.45, 7) is 8.91. The molecule has 5 heteroatoms. The van der Waals surface area contributed by atoms with Crippen molar-refractivity contribution < 1.29 is 4.92 Å². The third-order valence-electron chi connectivity index (χ3n) is 3.91. The van der Waals surface area contributed by atoms with E-state index in [9.17, 15) is 10.1 Å². The average molecular weight is 374 g/mol. The molecular weight excluding hydrogens is 355 g/mol. The fourth-order valence-corrected chi connectivity index (χ4v) is 3.24. The summed E-state index contributed by atoms with van der Waals surface area (Å²) in [5.74, 6) is 0.681. The molecule has 4 nitrogen and oxygen atoms in total. The summed E-state index contributed by atoms with van der Waals surface area (Å²) in [6.07, 6.45) is 1.19. The molecule has 0 aromatic heterocycles. The van der Waals surface area contributed by atoms with Crippen LogP contribution >= 0.6 is 22.6 Å². The molecule has 104 valence electrons. The maximum Gasteiger partial charge on any atom is 0.282 e. The van der Waals surface area contributed by atoms with E-state index >= 15 is 0 Å². The van der Waals surface area contributed by atoms with Crippen molar-refractivity contribution in [3.8, 4) is 0 Å². The summed E-state index contributed by atoms with van der Waals surface area (Å²) in [4.78, 5) is 12.8. The van der Waals surface area contributed by atoms with Crippen molar-refractivity contribution in [3.63, 3.8) is 0 Å². The Balaban J connectivity index is 2.16. The SMILES string of the molecule is CC(C)(C)C1CCN(c2ccc([N+](=O)[O-])c(I)c2)C1. The molecule has 1 heterocycles. The molecule has 0 spiro atoms. The molecule has 2 rings (SSSR count). The van der Waals surface area contributed by atoms with E-state index in [2.05, 4.69) is 25.7 Å². The summed E-state index contributed by atoms with van der Waals surface area (Å²) >= 11 is 2.04. The van der Waals surface area contributed by atoms with Crippen LogP contribution in [0.15, 0.2) is 18.2 Å². The lowest BCUT2D eigenvalue weighted by atomic mass is 9.80. The van der Waals surface area contributed by atoms with Crippen LogP contribution in [-0.2, 0) is 0 Å². The standard InChI is InChI=1S/C14H19IN2O2/c1-14(2,3)10-6-7-16(9-10)11-4-5-13(17(18)19)12(15)8-11/h4-5,8,10H,6-7,9H2,1-3H3. The van der Waals surface area contributed by atoms with Crippen molar-refractivity contribution in [1.82, 2.24) is 0 Å². The van der Waals surface area contributed by atoms with Crippen molar-refractivity contribution in [3.05, 3.63) is 31.9 Å². The maximum absolute atomic E-state index is 10.8. The molecule has 1 aliphatic heterocycles. The first-order chi connectivity index (χ1) is 8.79. The second kappa shape index (κ2) is 5.26. The zero-order valence-corrected chi connectivity index (χ0v) is 13.7. The molecule has 0 N–H and O–H groups in total. The second-order valence-corrected chi connectivity index (χ2v) is 7.35. The number of rotatable bonds is 2. The number of anilines is 1. The van der Waals surface area contributed by atoms with Gasteiger partial charge in [0.2, 0.25) is 0 Å². The van der Waals surface area contributed by atoms with E-state index in [1.807, 2.05) is 34.7 Å². The third kappa shape index (κ3) is 3.19. The minimum absolute atomic E-state index is 0.191. The lowest BCUT2D eigenvalue weighted by molar-refractivity contribution is -0.385. The summed E-state index contributed by atoms with van der Waals surface area (Å²) in [5, 5.41) is 10.8.